The molecule has 0 spiro atoms. The summed E-state index contributed by atoms with van der Waals surface area (Å²) >= 11 is 0. The molecule has 20 heavy (non-hydrogen) atoms. The number of hydrogen-bond donors (Lipinski definition) is 1. The zero-order valence-electron chi connectivity index (χ0n) is 10.4. The number of halogens is 4. The number of aliphatic hydroxyl groups is 1. The second-order valence-electron chi connectivity index (χ2n) is 3.95. The Morgan fingerprint density at radius 1 is 1.30 bits per heavy atom. The first kappa shape index (κ1) is 16.2. The fourth-order valence-corrected chi connectivity index (χ4v) is 1.48. The molecule has 1 N–H and O–H groups in total. The molecule has 0 aliphatic heterocycles. The smallest absolute Gasteiger partial charge is 0.395 e. The van der Waals surface area contributed by atoms with Gasteiger partial charge in [0.2, 0.25) is 5.91 Å². The Labute approximate surface area is 113 Å². The van der Waals surface area contributed by atoms with Crippen LogP contribution in [0.4, 0.5) is 17.6 Å². The molecule has 0 radical (unpaired) electrons. The summed E-state index contributed by atoms with van der Waals surface area (Å²) in [7, 11) is 0. The highest BCUT2D eigenvalue weighted by atomic mass is 19.4. The Hall–Kier alpha value is -1.89. The average molecular weight is 291 g/mol. The molecule has 7 heteroatoms. The number of alkyl halides is 3. The van der Waals surface area contributed by atoms with E-state index in [1.807, 2.05) is 0 Å². The highest BCUT2D eigenvalue weighted by Gasteiger charge is 2.32. The zero-order chi connectivity index (χ0) is 15.2. The van der Waals surface area contributed by atoms with Gasteiger partial charge in [0.25, 0.3) is 0 Å². The van der Waals surface area contributed by atoms with Crippen LogP contribution in [-0.4, -0.2) is 41.8 Å². The quantitative estimate of drug-likeness (QED) is 0.667. The van der Waals surface area contributed by atoms with Gasteiger partial charge in [-0.3, -0.25) is 4.79 Å². The van der Waals surface area contributed by atoms with Gasteiger partial charge in [0.05, 0.1) is 6.61 Å². The Kier molecular flexibility index (Phi) is 5.69. The molecule has 1 aromatic rings. The van der Waals surface area contributed by atoms with E-state index in [-0.39, 0.29) is 5.56 Å². The molecular weight excluding hydrogens is 278 g/mol. The number of nitrogens with zero attached hydrogens (tertiary/aromatic N) is 1. The number of aliphatic hydroxyl groups excluding tert-OH is 1. The van der Waals surface area contributed by atoms with Crippen LogP contribution in [0.15, 0.2) is 30.3 Å². The molecule has 1 rings (SSSR count). The number of amides is 1. The third-order valence-electron chi connectivity index (χ3n) is 2.36. The van der Waals surface area contributed by atoms with E-state index in [2.05, 4.69) is 0 Å². The molecule has 3 nitrogen and oxygen atoms in total. The molecule has 1 aromatic carbocycles. The normalized spacial score (nSPS) is 11.8. The molecule has 0 bridgehead atoms. The Morgan fingerprint density at radius 2 is 1.95 bits per heavy atom. The summed E-state index contributed by atoms with van der Waals surface area (Å²) in [5.74, 6) is -1.53. The van der Waals surface area contributed by atoms with Crippen molar-refractivity contribution >= 4 is 12.0 Å². The minimum Gasteiger partial charge on any atom is -0.395 e. The van der Waals surface area contributed by atoms with E-state index in [0.717, 1.165) is 12.2 Å². The molecule has 110 valence electrons. The zero-order valence-corrected chi connectivity index (χ0v) is 10.4. The highest BCUT2D eigenvalue weighted by molar-refractivity contribution is 5.91. The molecule has 0 atom stereocenters. The van der Waals surface area contributed by atoms with Crippen molar-refractivity contribution in [3.63, 3.8) is 0 Å². The molecule has 0 aromatic heterocycles. The minimum atomic E-state index is -4.56. The maximum atomic E-state index is 13.3. The topological polar surface area (TPSA) is 40.5 Å². The van der Waals surface area contributed by atoms with E-state index in [9.17, 15) is 22.4 Å². The average Bonchev–Trinajstić information content (AvgIpc) is 2.35. The van der Waals surface area contributed by atoms with Gasteiger partial charge in [-0.2, -0.15) is 13.2 Å². The monoisotopic (exact) mass is 291 g/mol. The van der Waals surface area contributed by atoms with Gasteiger partial charge >= 0.3 is 6.18 Å². The maximum Gasteiger partial charge on any atom is 0.406 e. The lowest BCUT2D eigenvalue weighted by molar-refractivity contribution is -0.158. The number of benzene rings is 1. The standard InChI is InChI=1S/C13H13F4NO2/c14-11-4-2-1-3-10(11)5-6-12(20)18(7-8-19)9-13(15,16)17/h1-6,19H,7-9H2/b6-5+. The van der Waals surface area contributed by atoms with Gasteiger partial charge in [-0.1, -0.05) is 18.2 Å². The fraction of sp³-hybridized carbons (Fsp3) is 0.308. The van der Waals surface area contributed by atoms with Crippen LogP contribution in [0.2, 0.25) is 0 Å². The summed E-state index contributed by atoms with van der Waals surface area (Å²) in [5, 5.41) is 8.67. The van der Waals surface area contributed by atoms with Gasteiger partial charge in [-0.15, -0.1) is 0 Å². The lowest BCUT2D eigenvalue weighted by Gasteiger charge is -2.21. The van der Waals surface area contributed by atoms with Crippen molar-refractivity contribution in [2.75, 3.05) is 19.7 Å². The molecule has 0 unspecified atom stereocenters. The van der Waals surface area contributed by atoms with Gasteiger partial charge in [-0.05, 0) is 12.1 Å². The predicted octanol–water partition coefficient (Wildman–Crippen LogP) is 2.22. The summed E-state index contributed by atoms with van der Waals surface area (Å²) in [6.45, 7) is -2.50. The molecule has 0 heterocycles. The predicted molar refractivity (Wildman–Crippen MR) is 65.2 cm³/mol. The second kappa shape index (κ2) is 7.04. The van der Waals surface area contributed by atoms with Crippen LogP contribution in [0.5, 0.6) is 0 Å². The Balaban J connectivity index is 2.78. The van der Waals surface area contributed by atoms with Gasteiger partial charge in [-0.25, -0.2) is 4.39 Å². The van der Waals surface area contributed by atoms with Crippen molar-refractivity contribution in [3.05, 3.63) is 41.7 Å². The SMILES string of the molecule is O=C(/C=C/c1ccccc1F)N(CCO)CC(F)(F)F. The van der Waals surface area contributed by atoms with E-state index in [4.69, 9.17) is 5.11 Å². The lowest BCUT2D eigenvalue weighted by Crippen LogP contribution is -2.39. The van der Waals surface area contributed by atoms with E-state index in [1.54, 1.807) is 0 Å². The van der Waals surface area contributed by atoms with E-state index in [1.165, 1.54) is 24.3 Å². The Bertz CT molecular complexity index is 486. The van der Waals surface area contributed by atoms with Crippen LogP contribution >= 0.6 is 0 Å². The molecular formula is C13H13F4NO2. The van der Waals surface area contributed by atoms with Crippen molar-refractivity contribution < 1.29 is 27.5 Å². The van der Waals surface area contributed by atoms with Gasteiger partial charge in [0.1, 0.15) is 12.4 Å². The van der Waals surface area contributed by atoms with Crippen LogP contribution in [-0.2, 0) is 4.79 Å². The first-order chi connectivity index (χ1) is 9.33. The fourth-order valence-electron chi connectivity index (χ4n) is 1.48. The maximum absolute atomic E-state index is 13.3. The highest BCUT2D eigenvalue weighted by Crippen LogP contribution is 2.17. The summed E-state index contributed by atoms with van der Waals surface area (Å²) in [5.41, 5.74) is 0.0943. The number of hydrogen-bond acceptors (Lipinski definition) is 2. The molecule has 0 fully saturated rings. The van der Waals surface area contributed by atoms with Crippen molar-refractivity contribution in [1.82, 2.24) is 4.90 Å². The summed E-state index contributed by atoms with van der Waals surface area (Å²) < 4.78 is 50.0. The molecule has 0 saturated carbocycles. The Morgan fingerprint density at radius 3 is 2.50 bits per heavy atom. The largest absolute Gasteiger partial charge is 0.406 e. The van der Waals surface area contributed by atoms with Crippen LogP contribution in [0.25, 0.3) is 6.08 Å². The minimum absolute atomic E-state index is 0.0943. The van der Waals surface area contributed by atoms with Crippen molar-refractivity contribution in [3.8, 4) is 0 Å². The van der Waals surface area contributed by atoms with Crippen molar-refractivity contribution in [2.24, 2.45) is 0 Å². The van der Waals surface area contributed by atoms with Crippen LogP contribution in [0.1, 0.15) is 5.56 Å². The van der Waals surface area contributed by atoms with Crippen LogP contribution < -0.4 is 0 Å². The summed E-state index contributed by atoms with van der Waals surface area (Å²) in [6.07, 6.45) is -2.62. The van der Waals surface area contributed by atoms with Crippen LogP contribution in [0.3, 0.4) is 0 Å². The third-order valence-corrected chi connectivity index (χ3v) is 2.36. The lowest BCUT2D eigenvalue weighted by atomic mass is 10.2. The molecule has 0 aliphatic rings. The van der Waals surface area contributed by atoms with Gasteiger partial charge < -0.3 is 10.0 Å². The summed E-state index contributed by atoms with van der Waals surface area (Å²) in [4.78, 5) is 12.0. The number of carbonyl (C=O) groups excluding carboxylic acids is 1. The van der Waals surface area contributed by atoms with E-state index >= 15 is 0 Å². The van der Waals surface area contributed by atoms with Crippen LogP contribution in [0, 0.1) is 5.82 Å². The number of rotatable bonds is 5. The van der Waals surface area contributed by atoms with Gasteiger partial charge in [0, 0.05) is 18.2 Å². The second-order valence-corrected chi connectivity index (χ2v) is 3.95. The molecule has 0 aliphatic carbocycles. The first-order valence-electron chi connectivity index (χ1n) is 5.72. The number of carbonyl (C=O) groups is 1. The molecule has 1 amide bonds. The van der Waals surface area contributed by atoms with E-state index in [0.29, 0.717) is 4.90 Å². The van der Waals surface area contributed by atoms with Crippen molar-refractivity contribution in [2.45, 2.75) is 6.18 Å². The molecule has 0 saturated heterocycles. The summed E-state index contributed by atoms with van der Waals surface area (Å²) in [6, 6.07) is 5.55. The first-order valence-corrected chi connectivity index (χ1v) is 5.72. The van der Waals surface area contributed by atoms with Gasteiger partial charge in [0.15, 0.2) is 0 Å². The third kappa shape index (κ3) is 5.40. The van der Waals surface area contributed by atoms with E-state index < -0.39 is 37.6 Å². The van der Waals surface area contributed by atoms with Crippen molar-refractivity contribution in [1.29, 1.82) is 0 Å².